The van der Waals surface area contributed by atoms with Crippen LogP contribution in [0.3, 0.4) is 0 Å². The Morgan fingerprint density at radius 1 is 1.12 bits per heavy atom. The van der Waals surface area contributed by atoms with Gasteiger partial charge in [-0.25, -0.2) is 0 Å². The number of hydrogen-bond acceptors (Lipinski definition) is 3. The van der Waals surface area contributed by atoms with Crippen molar-refractivity contribution < 1.29 is 9.84 Å². The number of hydrogen-bond donors (Lipinski definition) is 3. The Morgan fingerprint density at radius 2 is 1.84 bits per heavy atom. The molecule has 0 fully saturated rings. The fraction of sp³-hybridized carbons (Fsp3) is 0.316. The maximum atomic E-state index is 9.60. The maximum absolute atomic E-state index is 9.60. The highest BCUT2D eigenvalue weighted by molar-refractivity contribution is 6.32. The summed E-state index contributed by atoms with van der Waals surface area (Å²) in [5.74, 6) is 1.34. The van der Waals surface area contributed by atoms with Crippen LogP contribution in [0.25, 0.3) is 0 Å². The van der Waals surface area contributed by atoms with Gasteiger partial charge in [0.05, 0.1) is 18.2 Å². The molecule has 0 amide bonds. The summed E-state index contributed by atoms with van der Waals surface area (Å²) in [4.78, 5) is 4.18. The van der Waals surface area contributed by atoms with E-state index in [9.17, 15) is 5.11 Å². The molecule has 0 spiro atoms. The number of ether oxygens (including phenoxy) is 1. The van der Waals surface area contributed by atoms with Gasteiger partial charge in [0.1, 0.15) is 12.4 Å². The van der Waals surface area contributed by atoms with E-state index in [-0.39, 0.29) is 12.5 Å². The zero-order valence-corrected chi connectivity index (χ0v) is 15.0. The van der Waals surface area contributed by atoms with E-state index < -0.39 is 0 Å². The van der Waals surface area contributed by atoms with Crippen LogP contribution in [0.1, 0.15) is 11.5 Å². The lowest BCUT2D eigenvalue weighted by Crippen LogP contribution is -2.41. The fourth-order valence-corrected chi connectivity index (χ4v) is 2.54. The molecule has 3 N–H and O–H groups in total. The van der Waals surface area contributed by atoms with Crippen molar-refractivity contribution in [2.24, 2.45) is 4.99 Å². The first kappa shape index (κ1) is 19.1. The second-order valence-corrected chi connectivity index (χ2v) is 5.86. The topological polar surface area (TPSA) is 65.9 Å². The van der Waals surface area contributed by atoms with Crippen LogP contribution in [-0.4, -0.2) is 44.4 Å². The number of benzene rings is 2. The molecule has 0 aliphatic rings. The van der Waals surface area contributed by atoms with Crippen LogP contribution in [0, 0.1) is 0 Å². The number of aliphatic imine (C=N–C) groups is 1. The highest BCUT2D eigenvalue weighted by Crippen LogP contribution is 2.22. The average Bonchev–Trinajstić information content (AvgIpc) is 2.66. The summed E-state index contributed by atoms with van der Waals surface area (Å²) < 4.78 is 5.63. The molecule has 1 atom stereocenters. The van der Waals surface area contributed by atoms with Gasteiger partial charge in [-0.3, -0.25) is 4.99 Å². The molecular weight excluding hydrogens is 338 g/mol. The molecule has 2 rings (SSSR count). The van der Waals surface area contributed by atoms with Crippen molar-refractivity contribution in [2.45, 2.75) is 5.92 Å². The van der Waals surface area contributed by atoms with Gasteiger partial charge in [0.15, 0.2) is 5.96 Å². The van der Waals surface area contributed by atoms with Gasteiger partial charge in [-0.1, -0.05) is 54.1 Å². The van der Waals surface area contributed by atoms with Crippen molar-refractivity contribution >= 4 is 17.6 Å². The zero-order valence-electron chi connectivity index (χ0n) is 14.3. The van der Waals surface area contributed by atoms with E-state index >= 15 is 0 Å². The summed E-state index contributed by atoms with van der Waals surface area (Å²) in [6, 6.07) is 17.3. The van der Waals surface area contributed by atoms with Crippen LogP contribution >= 0.6 is 11.6 Å². The van der Waals surface area contributed by atoms with Gasteiger partial charge in [-0.2, -0.15) is 0 Å². The third kappa shape index (κ3) is 6.29. The molecule has 0 bridgehead atoms. The predicted molar refractivity (Wildman–Crippen MR) is 103 cm³/mol. The number of aliphatic hydroxyl groups excluding tert-OH is 1. The van der Waals surface area contributed by atoms with Crippen LogP contribution in [-0.2, 0) is 0 Å². The maximum Gasteiger partial charge on any atom is 0.191 e. The first-order valence-electron chi connectivity index (χ1n) is 8.22. The molecule has 2 aromatic rings. The van der Waals surface area contributed by atoms with Crippen molar-refractivity contribution in [3.05, 3.63) is 65.2 Å². The summed E-state index contributed by atoms with van der Waals surface area (Å²) in [6.45, 7) is 1.71. The van der Waals surface area contributed by atoms with Gasteiger partial charge >= 0.3 is 0 Å². The highest BCUT2D eigenvalue weighted by atomic mass is 35.5. The molecule has 0 saturated carbocycles. The fourth-order valence-electron chi connectivity index (χ4n) is 2.35. The normalized spacial score (nSPS) is 12.5. The lowest BCUT2D eigenvalue weighted by molar-refractivity contribution is 0.265. The van der Waals surface area contributed by atoms with Crippen LogP contribution < -0.4 is 15.4 Å². The van der Waals surface area contributed by atoms with E-state index in [1.807, 2.05) is 48.5 Å². The van der Waals surface area contributed by atoms with E-state index in [1.54, 1.807) is 13.1 Å². The lowest BCUT2D eigenvalue weighted by atomic mass is 10.0. The van der Waals surface area contributed by atoms with Gasteiger partial charge < -0.3 is 20.5 Å². The smallest absolute Gasteiger partial charge is 0.191 e. The van der Waals surface area contributed by atoms with E-state index in [1.165, 1.54) is 0 Å². The number of rotatable bonds is 8. The van der Waals surface area contributed by atoms with Gasteiger partial charge in [-0.05, 0) is 17.7 Å². The van der Waals surface area contributed by atoms with Crippen LogP contribution in [0.15, 0.2) is 59.6 Å². The number of para-hydroxylation sites is 1. The predicted octanol–water partition coefficient (Wildman–Crippen LogP) is 2.66. The Bertz CT molecular complexity index is 665. The second-order valence-electron chi connectivity index (χ2n) is 5.45. The largest absolute Gasteiger partial charge is 0.490 e. The Balaban J connectivity index is 1.74. The van der Waals surface area contributed by atoms with Crippen molar-refractivity contribution in [1.29, 1.82) is 0 Å². The Morgan fingerprint density at radius 3 is 2.52 bits per heavy atom. The number of nitrogens with one attached hydrogen (secondary N) is 2. The molecule has 134 valence electrons. The quantitative estimate of drug-likeness (QED) is 0.384. The van der Waals surface area contributed by atoms with Crippen LogP contribution in [0.4, 0.5) is 0 Å². The minimum absolute atomic E-state index is 0.0131. The molecule has 25 heavy (non-hydrogen) atoms. The summed E-state index contributed by atoms with van der Waals surface area (Å²) >= 11 is 6.05. The van der Waals surface area contributed by atoms with Crippen molar-refractivity contribution in [3.8, 4) is 5.75 Å². The van der Waals surface area contributed by atoms with Crippen molar-refractivity contribution in [3.63, 3.8) is 0 Å². The Hall–Kier alpha value is -2.24. The van der Waals surface area contributed by atoms with Crippen molar-refractivity contribution in [1.82, 2.24) is 10.6 Å². The lowest BCUT2D eigenvalue weighted by Gasteiger charge is -2.18. The zero-order chi connectivity index (χ0) is 17.9. The van der Waals surface area contributed by atoms with E-state index in [2.05, 4.69) is 15.6 Å². The Kier molecular flexibility index (Phi) is 8.09. The average molecular weight is 362 g/mol. The van der Waals surface area contributed by atoms with Gasteiger partial charge in [0.2, 0.25) is 0 Å². The molecule has 0 aromatic heterocycles. The number of nitrogens with zero attached hydrogens (tertiary/aromatic N) is 1. The van der Waals surface area contributed by atoms with E-state index in [0.29, 0.717) is 36.4 Å². The minimum Gasteiger partial charge on any atom is -0.490 e. The second kappa shape index (κ2) is 10.6. The number of aliphatic hydroxyl groups is 1. The van der Waals surface area contributed by atoms with Gasteiger partial charge in [0.25, 0.3) is 0 Å². The van der Waals surface area contributed by atoms with E-state index in [0.717, 1.165) is 5.56 Å². The summed E-state index contributed by atoms with van der Waals surface area (Å²) in [6.07, 6.45) is 0. The molecule has 0 saturated heterocycles. The molecular formula is C19H24ClN3O2. The number of guanidine groups is 1. The summed E-state index contributed by atoms with van der Waals surface area (Å²) in [5.41, 5.74) is 1.09. The number of halogens is 1. The molecule has 1 unspecified atom stereocenters. The highest BCUT2D eigenvalue weighted by Gasteiger charge is 2.10. The molecule has 0 aliphatic carbocycles. The van der Waals surface area contributed by atoms with Crippen molar-refractivity contribution in [2.75, 3.05) is 33.4 Å². The standard InChI is InChI=1S/C19H24ClN3O2/c1-21-19(22-11-12-25-18-10-6-5-9-17(18)20)23-13-16(14-24)15-7-3-2-4-8-15/h2-10,16,24H,11-14H2,1H3,(H2,21,22,23). The van der Waals surface area contributed by atoms with Crippen LogP contribution in [0.5, 0.6) is 5.75 Å². The molecule has 5 nitrogen and oxygen atoms in total. The van der Waals surface area contributed by atoms with Crippen LogP contribution in [0.2, 0.25) is 5.02 Å². The minimum atomic E-state index is 0.0131. The monoisotopic (exact) mass is 361 g/mol. The first-order valence-corrected chi connectivity index (χ1v) is 8.60. The SMILES string of the molecule is CN=C(NCCOc1ccccc1Cl)NCC(CO)c1ccccc1. The third-order valence-corrected chi connectivity index (χ3v) is 4.03. The molecule has 0 heterocycles. The van der Waals surface area contributed by atoms with E-state index in [4.69, 9.17) is 16.3 Å². The Labute approximate surface area is 153 Å². The third-order valence-electron chi connectivity index (χ3n) is 3.72. The molecule has 6 heteroatoms. The van der Waals surface area contributed by atoms with Gasteiger partial charge in [0, 0.05) is 19.5 Å². The molecule has 0 radical (unpaired) electrons. The first-order chi connectivity index (χ1) is 12.2. The molecule has 0 aliphatic heterocycles. The summed E-state index contributed by atoms with van der Waals surface area (Å²) in [5, 5.41) is 16.6. The summed E-state index contributed by atoms with van der Waals surface area (Å²) in [7, 11) is 1.71. The van der Waals surface area contributed by atoms with Gasteiger partial charge in [-0.15, -0.1) is 0 Å². The molecule has 2 aromatic carbocycles.